The number of benzene rings is 2. The molecule has 7 heteroatoms. The molecule has 19 heavy (non-hydrogen) atoms. The van der Waals surface area contributed by atoms with E-state index in [2.05, 4.69) is 29.9 Å². The maximum atomic E-state index is 6.35. The third kappa shape index (κ3) is 4.95. The molecular weight excluding hydrogens is 372 g/mol. The van der Waals surface area contributed by atoms with Gasteiger partial charge in [-0.2, -0.15) is 0 Å². The van der Waals surface area contributed by atoms with E-state index in [1.807, 2.05) is 30.3 Å². The molecule has 0 fully saturated rings. The van der Waals surface area contributed by atoms with Crippen molar-refractivity contribution in [2.45, 2.75) is 4.90 Å². The molecule has 2 aromatic carbocycles. The molecule has 0 saturated heterocycles. The summed E-state index contributed by atoms with van der Waals surface area (Å²) in [6.07, 6.45) is 0. The smallest absolute Gasteiger partial charge is 0.0495 e. The fourth-order valence-electron chi connectivity index (χ4n) is 1.53. The van der Waals surface area contributed by atoms with Crippen LogP contribution < -0.4 is 0 Å². The highest BCUT2D eigenvalue weighted by Crippen LogP contribution is 2.53. The van der Waals surface area contributed by atoms with Crippen molar-refractivity contribution in [2.24, 2.45) is 0 Å². The number of hydrogen-bond acceptors (Lipinski definition) is 6. The van der Waals surface area contributed by atoms with Crippen molar-refractivity contribution in [3.05, 3.63) is 53.6 Å². The van der Waals surface area contributed by atoms with Crippen molar-refractivity contribution in [1.29, 1.82) is 0 Å². The van der Waals surface area contributed by atoms with Gasteiger partial charge in [-0.25, -0.2) is 0 Å². The van der Waals surface area contributed by atoms with Gasteiger partial charge in [0.05, 0.1) is 0 Å². The van der Waals surface area contributed by atoms with Crippen LogP contribution in [0.5, 0.6) is 0 Å². The largest absolute Gasteiger partial charge is 0.0988 e. The first-order valence-electron chi connectivity index (χ1n) is 5.15. The zero-order valence-corrected chi connectivity index (χ0v) is 15.2. The summed E-state index contributed by atoms with van der Waals surface area (Å²) >= 11 is 10.4. The van der Waals surface area contributed by atoms with E-state index >= 15 is 0 Å². The molecule has 0 heterocycles. The fourth-order valence-corrected chi connectivity index (χ4v) is 10.5. The Morgan fingerprint density at radius 1 is 0.842 bits per heavy atom. The average Bonchev–Trinajstić information content (AvgIpc) is 2.45. The zero-order chi connectivity index (χ0) is 13.5. The van der Waals surface area contributed by atoms with Gasteiger partial charge < -0.3 is 0 Å². The molecule has 0 amide bonds. The SMILES string of the molecule is SSSSSSc1cccc(Cl)c1-c1ccccc1. The van der Waals surface area contributed by atoms with Crippen LogP contribution in [0.1, 0.15) is 0 Å². The molecule has 100 valence electrons. The van der Waals surface area contributed by atoms with Crippen molar-refractivity contribution in [1.82, 2.24) is 0 Å². The van der Waals surface area contributed by atoms with Gasteiger partial charge in [-0.3, -0.25) is 0 Å². The minimum atomic E-state index is 0.790. The Morgan fingerprint density at radius 3 is 2.37 bits per heavy atom. The molecule has 2 aromatic rings. The van der Waals surface area contributed by atoms with Crippen molar-refractivity contribution >= 4 is 73.4 Å². The van der Waals surface area contributed by atoms with E-state index in [0.717, 1.165) is 16.1 Å². The van der Waals surface area contributed by atoms with Crippen molar-refractivity contribution in [3.63, 3.8) is 0 Å². The quantitative estimate of drug-likeness (QED) is 0.311. The number of halogens is 1. The molecule has 0 nitrogen and oxygen atoms in total. The molecule has 0 N–H and O–H groups in total. The summed E-state index contributed by atoms with van der Waals surface area (Å²) in [5.41, 5.74) is 2.25. The molecule has 0 spiro atoms. The summed E-state index contributed by atoms with van der Waals surface area (Å²) < 4.78 is 0. The summed E-state index contributed by atoms with van der Waals surface area (Å²) in [4.78, 5) is 1.18. The van der Waals surface area contributed by atoms with E-state index in [9.17, 15) is 0 Å². The second-order valence-corrected chi connectivity index (χ2v) is 12.1. The monoisotopic (exact) mass is 380 g/mol. The van der Waals surface area contributed by atoms with Gasteiger partial charge in [-0.1, -0.05) is 59.7 Å². The van der Waals surface area contributed by atoms with Crippen molar-refractivity contribution < 1.29 is 0 Å². The topological polar surface area (TPSA) is 0 Å². The molecule has 0 aliphatic heterocycles. The van der Waals surface area contributed by atoms with Crippen LogP contribution in [-0.2, 0) is 0 Å². The molecular formula is C12H9ClS6. The van der Waals surface area contributed by atoms with Crippen LogP contribution in [0.3, 0.4) is 0 Å². The first-order chi connectivity index (χ1) is 9.33. The van der Waals surface area contributed by atoms with Crippen LogP contribution in [0.4, 0.5) is 0 Å². The van der Waals surface area contributed by atoms with Crippen molar-refractivity contribution in [3.8, 4) is 11.1 Å². The highest BCUT2D eigenvalue weighted by Gasteiger charge is 2.10. The fraction of sp³-hybridized carbons (Fsp3) is 0. The van der Waals surface area contributed by atoms with Crippen LogP contribution in [-0.4, -0.2) is 0 Å². The van der Waals surface area contributed by atoms with E-state index in [1.54, 1.807) is 40.3 Å². The lowest BCUT2D eigenvalue weighted by atomic mass is 10.1. The predicted molar refractivity (Wildman–Crippen MR) is 102 cm³/mol. The highest BCUT2D eigenvalue weighted by molar-refractivity contribution is 9.41. The molecule has 0 atom stereocenters. The Balaban J connectivity index is 2.22. The van der Waals surface area contributed by atoms with E-state index in [4.69, 9.17) is 11.6 Å². The maximum absolute atomic E-state index is 6.35. The van der Waals surface area contributed by atoms with Crippen LogP contribution in [0.15, 0.2) is 53.4 Å². The average molecular weight is 381 g/mol. The van der Waals surface area contributed by atoms with Crippen LogP contribution >= 0.6 is 73.4 Å². The second kappa shape index (κ2) is 8.97. The van der Waals surface area contributed by atoms with Gasteiger partial charge in [0, 0.05) is 15.5 Å². The first kappa shape index (κ1) is 16.2. The van der Waals surface area contributed by atoms with Gasteiger partial charge in [0.15, 0.2) is 0 Å². The first-order valence-corrected chi connectivity index (χ1v) is 12.7. The van der Waals surface area contributed by atoms with E-state index < -0.39 is 0 Å². The van der Waals surface area contributed by atoms with Gasteiger partial charge >= 0.3 is 0 Å². The molecule has 2 rings (SSSR count). The summed E-state index contributed by atoms with van der Waals surface area (Å²) in [5.74, 6) is 0. The molecule has 0 unspecified atom stereocenters. The zero-order valence-electron chi connectivity index (χ0n) is 9.49. The Bertz CT molecular complexity index is 519. The lowest BCUT2D eigenvalue weighted by Gasteiger charge is -2.10. The van der Waals surface area contributed by atoms with E-state index in [1.165, 1.54) is 14.7 Å². The summed E-state index contributed by atoms with van der Waals surface area (Å²) in [6, 6.07) is 16.3. The lowest BCUT2D eigenvalue weighted by Crippen LogP contribution is -1.82. The predicted octanol–water partition coefficient (Wildman–Crippen LogP) is 7.54. The van der Waals surface area contributed by atoms with Gasteiger partial charge in [-0.05, 0) is 67.8 Å². The third-order valence-corrected chi connectivity index (χ3v) is 11.4. The normalized spacial score (nSPS) is 10.6. The maximum Gasteiger partial charge on any atom is 0.0495 e. The van der Waals surface area contributed by atoms with Crippen LogP contribution in [0.25, 0.3) is 11.1 Å². The van der Waals surface area contributed by atoms with Crippen molar-refractivity contribution in [2.75, 3.05) is 0 Å². The van der Waals surface area contributed by atoms with Gasteiger partial charge in [0.2, 0.25) is 0 Å². The molecule has 0 aliphatic carbocycles. The standard InChI is InChI=1S/C12H9ClS6/c13-10-7-4-8-11(15-17-19-18-16-14)12(10)9-5-2-1-3-6-9/h1-8,14H. The molecule has 0 radical (unpaired) electrons. The molecule has 0 bridgehead atoms. The number of hydrogen-bond donors (Lipinski definition) is 1. The highest BCUT2D eigenvalue weighted by atomic mass is 35.5. The molecule has 0 aliphatic rings. The minimum Gasteiger partial charge on any atom is -0.0988 e. The van der Waals surface area contributed by atoms with E-state index in [-0.39, 0.29) is 0 Å². The van der Waals surface area contributed by atoms with Crippen LogP contribution in [0.2, 0.25) is 5.02 Å². The van der Waals surface area contributed by atoms with Gasteiger partial charge in [-0.15, -0.1) is 0 Å². The number of rotatable bonds is 6. The van der Waals surface area contributed by atoms with E-state index in [0.29, 0.717) is 0 Å². The van der Waals surface area contributed by atoms with Crippen LogP contribution in [0, 0.1) is 0 Å². The number of thiol groups is 1. The molecule has 0 saturated carbocycles. The minimum absolute atomic E-state index is 0.790. The summed E-state index contributed by atoms with van der Waals surface area (Å²) in [5, 5.41) is 0.790. The third-order valence-electron chi connectivity index (χ3n) is 2.25. The van der Waals surface area contributed by atoms with Gasteiger partial charge in [0.1, 0.15) is 0 Å². The Morgan fingerprint density at radius 2 is 1.63 bits per heavy atom. The summed E-state index contributed by atoms with van der Waals surface area (Å²) in [6.45, 7) is 0. The second-order valence-electron chi connectivity index (χ2n) is 3.34. The Kier molecular flexibility index (Phi) is 7.65. The van der Waals surface area contributed by atoms with Gasteiger partial charge in [0.25, 0.3) is 0 Å². The molecule has 0 aromatic heterocycles. The summed E-state index contributed by atoms with van der Waals surface area (Å²) in [7, 11) is 8.23. The lowest BCUT2D eigenvalue weighted by molar-refractivity contribution is 1.45. The Hall–Kier alpha value is 0.830. The Labute approximate surface area is 142 Å².